The minimum absolute atomic E-state index is 0.00729. The Balaban J connectivity index is 1.57. The zero-order valence-corrected chi connectivity index (χ0v) is 12.9. The van der Waals surface area contributed by atoms with E-state index in [0.717, 1.165) is 18.4 Å². The van der Waals surface area contributed by atoms with Gasteiger partial charge in [-0.25, -0.2) is 0 Å². The number of piperidine rings is 1. The molecule has 1 atom stereocenters. The highest BCUT2D eigenvalue weighted by Crippen LogP contribution is 2.32. The number of nitrogens with zero attached hydrogens (tertiary/aromatic N) is 1. The molecule has 0 aromatic carbocycles. The van der Waals surface area contributed by atoms with Crippen LogP contribution in [0.4, 0.5) is 0 Å². The molecule has 0 unspecified atom stereocenters. The summed E-state index contributed by atoms with van der Waals surface area (Å²) in [6.45, 7) is 3.51. The molecule has 21 heavy (non-hydrogen) atoms. The Bertz CT molecular complexity index is 521. The van der Waals surface area contributed by atoms with Crippen molar-refractivity contribution in [3.8, 4) is 0 Å². The van der Waals surface area contributed by atoms with Gasteiger partial charge in [-0.15, -0.1) is 0 Å². The van der Waals surface area contributed by atoms with E-state index in [9.17, 15) is 9.59 Å². The molecule has 114 valence electrons. The fourth-order valence-electron chi connectivity index (χ4n) is 3.14. The molecule has 2 aliphatic heterocycles. The highest BCUT2D eigenvalue weighted by atomic mass is 32.1. The molecule has 2 fully saturated rings. The highest BCUT2D eigenvalue weighted by molar-refractivity contribution is 7.07. The van der Waals surface area contributed by atoms with Crippen LogP contribution in [0.3, 0.4) is 0 Å². The number of rotatable bonds is 2. The minimum atomic E-state index is -0.299. The van der Waals surface area contributed by atoms with Crippen LogP contribution in [0.5, 0.6) is 0 Å². The Kier molecular flexibility index (Phi) is 3.99. The Morgan fingerprint density at radius 1 is 1.52 bits per heavy atom. The van der Waals surface area contributed by atoms with Crippen LogP contribution in [0.25, 0.3) is 0 Å². The highest BCUT2D eigenvalue weighted by Gasteiger charge is 2.44. The van der Waals surface area contributed by atoms with Crippen molar-refractivity contribution in [2.75, 3.05) is 19.7 Å². The van der Waals surface area contributed by atoms with Gasteiger partial charge >= 0.3 is 0 Å². The van der Waals surface area contributed by atoms with E-state index in [2.05, 4.69) is 5.32 Å². The van der Waals surface area contributed by atoms with Gasteiger partial charge in [0.25, 0.3) is 0 Å². The van der Waals surface area contributed by atoms with Crippen LogP contribution in [-0.4, -0.2) is 48.1 Å². The van der Waals surface area contributed by atoms with Crippen LogP contribution in [0, 0.1) is 0 Å². The summed E-state index contributed by atoms with van der Waals surface area (Å²) in [6.07, 6.45) is 2.04. The summed E-state index contributed by atoms with van der Waals surface area (Å²) in [7, 11) is 0. The normalized spacial score (nSPS) is 24.9. The molecular weight excluding hydrogens is 288 g/mol. The molecule has 1 spiro atoms. The lowest BCUT2D eigenvalue weighted by Crippen LogP contribution is -2.63. The molecule has 6 heteroatoms. The second-order valence-corrected chi connectivity index (χ2v) is 6.61. The summed E-state index contributed by atoms with van der Waals surface area (Å²) in [6, 6.07) is 2.00. The number of carbonyl (C=O) groups excluding carboxylic acids is 2. The Hall–Kier alpha value is -1.40. The molecule has 0 saturated carbocycles. The lowest BCUT2D eigenvalue weighted by atomic mass is 9.83. The maximum absolute atomic E-state index is 12.3. The number of ether oxygens (including phenoxy) is 1. The van der Waals surface area contributed by atoms with Gasteiger partial charge in [0, 0.05) is 13.1 Å². The lowest BCUT2D eigenvalue weighted by molar-refractivity contribution is -0.163. The number of hydrogen-bond acceptors (Lipinski definition) is 4. The zero-order chi connectivity index (χ0) is 14.9. The molecule has 2 amide bonds. The number of amides is 2. The van der Waals surface area contributed by atoms with Crippen LogP contribution in [-0.2, 0) is 20.7 Å². The van der Waals surface area contributed by atoms with Gasteiger partial charge in [0.2, 0.25) is 11.8 Å². The van der Waals surface area contributed by atoms with E-state index in [0.29, 0.717) is 19.5 Å². The maximum atomic E-state index is 12.3. The third kappa shape index (κ3) is 2.96. The first-order valence-corrected chi connectivity index (χ1v) is 8.25. The summed E-state index contributed by atoms with van der Waals surface area (Å²) < 4.78 is 5.82. The van der Waals surface area contributed by atoms with Crippen molar-refractivity contribution in [1.29, 1.82) is 0 Å². The Morgan fingerprint density at radius 2 is 2.29 bits per heavy atom. The van der Waals surface area contributed by atoms with E-state index < -0.39 is 0 Å². The van der Waals surface area contributed by atoms with Crippen molar-refractivity contribution in [2.45, 2.75) is 37.8 Å². The molecule has 1 aromatic heterocycles. The second-order valence-electron chi connectivity index (χ2n) is 5.83. The van der Waals surface area contributed by atoms with Gasteiger partial charge in [-0.2, -0.15) is 11.3 Å². The van der Waals surface area contributed by atoms with Crippen LogP contribution >= 0.6 is 11.3 Å². The predicted molar refractivity (Wildman–Crippen MR) is 80.1 cm³/mol. The first-order chi connectivity index (χ1) is 10.1. The van der Waals surface area contributed by atoms with Crippen molar-refractivity contribution in [2.24, 2.45) is 0 Å². The second kappa shape index (κ2) is 5.77. The fourth-order valence-corrected chi connectivity index (χ4v) is 3.81. The number of nitrogens with one attached hydrogen (secondary N) is 1. The molecule has 0 bridgehead atoms. The molecule has 5 nitrogen and oxygen atoms in total. The van der Waals surface area contributed by atoms with E-state index in [1.54, 1.807) is 11.3 Å². The van der Waals surface area contributed by atoms with Crippen molar-refractivity contribution in [1.82, 2.24) is 10.2 Å². The Morgan fingerprint density at radius 3 is 2.90 bits per heavy atom. The van der Waals surface area contributed by atoms with Crippen LogP contribution < -0.4 is 5.32 Å². The van der Waals surface area contributed by atoms with Gasteiger partial charge in [-0.3, -0.25) is 9.59 Å². The van der Waals surface area contributed by atoms with E-state index in [4.69, 9.17) is 4.74 Å². The van der Waals surface area contributed by atoms with Crippen LogP contribution in [0.1, 0.15) is 25.3 Å². The van der Waals surface area contributed by atoms with Crippen molar-refractivity contribution in [3.05, 3.63) is 22.4 Å². The van der Waals surface area contributed by atoms with Gasteiger partial charge in [-0.1, -0.05) is 0 Å². The largest absolute Gasteiger partial charge is 0.363 e. The average Bonchev–Trinajstić information content (AvgIpc) is 2.97. The van der Waals surface area contributed by atoms with E-state index in [-0.39, 0.29) is 30.1 Å². The van der Waals surface area contributed by atoms with Gasteiger partial charge in [-0.05, 0) is 42.2 Å². The third-order valence-electron chi connectivity index (χ3n) is 4.56. The van der Waals surface area contributed by atoms with E-state index in [1.165, 1.54) is 0 Å². The van der Waals surface area contributed by atoms with Gasteiger partial charge in [0.05, 0.1) is 18.1 Å². The summed E-state index contributed by atoms with van der Waals surface area (Å²) in [5.41, 5.74) is 0.785. The number of carbonyl (C=O) groups is 2. The molecule has 1 aromatic rings. The topological polar surface area (TPSA) is 58.6 Å². The van der Waals surface area contributed by atoms with Crippen LogP contribution in [0.2, 0.25) is 0 Å². The molecule has 2 saturated heterocycles. The van der Waals surface area contributed by atoms with Gasteiger partial charge in [0.15, 0.2) is 0 Å². The molecule has 1 N–H and O–H groups in total. The molecule has 0 aliphatic carbocycles. The maximum Gasteiger partial charge on any atom is 0.246 e. The SMILES string of the molecule is C[C@H]1NC(=O)COC12CCN(C(=O)Cc1ccsc1)CC2. The summed E-state index contributed by atoms with van der Waals surface area (Å²) >= 11 is 1.62. The third-order valence-corrected chi connectivity index (χ3v) is 5.29. The summed E-state index contributed by atoms with van der Waals surface area (Å²) in [5, 5.41) is 6.97. The molecule has 3 heterocycles. The van der Waals surface area contributed by atoms with E-state index >= 15 is 0 Å². The smallest absolute Gasteiger partial charge is 0.246 e. The number of morpholine rings is 1. The fraction of sp³-hybridized carbons (Fsp3) is 0.600. The molecule has 0 radical (unpaired) electrons. The molecule has 2 aliphatic rings. The van der Waals surface area contributed by atoms with Crippen LogP contribution in [0.15, 0.2) is 16.8 Å². The van der Waals surface area contributed by atoms with Gasteiger partial charge < -0.3 is 15.0 Å². The standard InChI is InChI=1S/C15H20N2O3S/c1-11-15(20-9-13(18)16-11)3-5-17(6-4-15)14(19)8-12-2-7-21-10-12/h2,7,10-11H,3-6,8-9H2,1H3,(H,16,18)/t11-/m1/s1. The minimum Gasteiger partial charge on any atom is -0.363 e. The first-order valence-electron chi connectivity index (χ1n) is 7.31. The molecular formula is C15H20N2O3S. The summed E-state index contributed by atoms with van der Waals surface area (Å²) in [5.74, 6) is 0.125. The van der Waals surface area contributed by atoms with Crippen molar-refractivity contribution >= 4 is 23.2 Å². The van der Waals surface area contributed by atoms with Crippen molar-refractivity contribution < 1.29 is 14.3 Å². The van der Waals surface area contributed by atoms with Crippen molar-refractivity contribution in [3.63, 3.8) is 0 Å². The zero-order valence-electron chi connectivity index (χ0n) is 12.1. The predicted octanol–water partition coefficient (Wildman–Crippen LogP) is 1.19. The monoisotopic (exact) mass is 308 g/mol. The lowest BCUT2D eigenvalue weighted by Gasteiger charge is -2.47. The van der Waals surface area contributed by atoms with Gasteiger partial charge in [0.1, 0.15) is 6.61 Å². The molecule has 3 rings (SSSR count). The number of likely N-dealkylation sites (tertiary alicyclic amines) is 1. The quantitative estimate of drug-likeness (QED) is 0.893. The number of hydrogen-bond donors (Lipinski definition) is 1. The first kappa shape index (κ1) is 14.5. The Labute approximate surface area is 128 Å². The average molecular weight is 308 g/mol. The summed E-state index contributed by atoms with van der Waals surface area (Å²) in [4.78, 5) is 25.6. The van der Waals surface area contributed by atoms with E-state index in [1.807, 2.05) is 28.7 Å². The number of thiophene rings is 1.